The van der Waals surface area contributed by atoms with Crippen molar-refractivity contribution in [3.63, 3.8) is 0 Å². The molecular weight excluding hydrogens is 254 g/mol. The molecule has 0 aromatic carbocycles. The predicted molar refractivity (Wildman–Crippen MR) is 74.5 cm³/mol. The van der Waals surface area contributed by atoms with Crippen LogP contribution in [0, 0.1) is 0 Å². The molecule has 2 aliphatic rings. The summed E-state index contributed by atoms with van der Waals surface area (Å²) in [4.78, 5) is 18.1. The van der Waals surface area contributed by atoms with Gasteiger partial charge < -0.3 is 9.80 Å². The van der Waals surface area contributed by atoms with E-state index in [2.05, 4.69) is 11.8 Å². The Kier molecular flexibility index (Phi) is 3.63. The molecule has 0 saturated carbocycles. The maximum atomic E-state index is 12.3. The first-order valence-electron chi connectivity index (χ1n) is 5.83. The largest absolute Gasteiger partial charge is 0.364 e. The van der Waals surface area contributed by atoms with Gasteiger partial charge in [-0.2, -0.15) is 0 Å². The zero-order chi connectivity index (χ0) is 12.6. The van der Waals surface area contributed by atoms with Crippen LogP contribution in [0.3, 0.4) is 0 Å². The number of carbonyl (C=O) groups is 1. The number of nitrogens with zero attached hydrogens (tertiary/aromatic N) is 3. The molecule has 0 N–H and O–H groups in total. The molecule has 17 heavy (non-hydrogen) atoms. The highest BCUT2D eigenvalue weighted by Gasteiger charge is 2.39. The molecule has 2 saturated heterocycles. The van der Waals surface area contributed by atoms with Gasteiger partial charge >= 0.3 is 0 Å². The molecule has 6 heteroatoms. The van der Waals surface area contributed by atoms with Crippen LogP contribution in [0.15, 0.2) is 10.7 Å². The molecule has 0 unspecified atom stereocenters. The van der Waals surface area contributed by atoms with Gasteiger partial charge in [-0.1, -0.05) is 0 Å². The van der Waals surface area contributed by atoms with Gasteiger partial charge in [-0.15, -0.1) is 11.8 Å². The van der Waals surface area contributed by atoms with Crippen LogP contribution in [-0.4, -0.2) is 58.2 Å². The second-order valence-electron chi connectivity index (χ2n) is 3.97. The number of thioether (sulfide) groups is 1. The number of rotatable bonds is 2. The minimum Gasteiger partial charge on any atom is -0.364 e. The molecule has 4 nitrogen and oxygen atoms in total. The number of amides is 1. The molecule has 0 spiro atoms. The van der Waals surface area contributed by atoms with E-state index in [-0.39, 0.29) is 5.91 Å². The first-order chi connectivity index (χ1) is 8.11. The van der Waals surface area contributed by atoms with Crippen molar-refractivity contribution >= 4 is 35.0 Å². The molecule has 0 aromatic heterocycles. The minimum atomic E-state index is 0.0443. The minimum absolute atomic E-state index is 0.0443. The predicted octanol–water partition coefficient (Wildman–Crippen LogP) is 1.30. The van der Waals surface area contributed by atoms with Gasteiger partial charge in [0.1, 0.15) is 10.7 Å². The fourth-order valence-electron chi connectivity index (χ4n) is 2.11. The average Bonchev–Trinajstić information content (AvgIpc) is 2.84. The maximum absolute atomic E-state index is 12.3. The Hall–Kier alpha value is -0.750. The highest BCUT2D eigenvalue weighted by Crippen LogP contribution is 2.34. The second kappa shape index (κ2) is 4.86. The van der Waals surface area contributed by atoms with E-state index in [0.29, 0.717) is 11.7 Å². The van der Waals surface area contributed by atoms with Crippen LogP contribution >= 0.6 is 24.0 Å². The molecule has 0 radical (unpaired) electrons. The summed E-state index contributed by atoms with van der Waals surface area (Å²) >= 11 is 7.05. The van der Waals surface area contributed by atoms with Crippen molar-refractivity contribution in [2.45, 2.75) is 13.8 Å². The monoisotopic (exact) mass is 271 g/mol. The lowest BCUT2D eigenvalue weighted by molar-refractivity contribution is -0.122. The van der Waals surface area contributed by atoms with Crippen molar-refractivity contribution in [3.8, 4) is 0 Å². The standard InChI is InChI=1S/C11H17N3OS2/c1-4-13-6-7-17-10(13)8-9(15)14(5-2)11(16)12(8)3/h4-7H2,1-3H3/b10-8-. The van der Waals surface area contributed by atoms with E-state index in [1.807, 2.05) is 18.9 Å². The Bertz CT molecular complexity index is 394. The van der Waals surface area contributed by atoms with Crippen molar-refractivity contribution in [3.05, 3.63) is 10.7 Å². The lowest BCUT2D eigenvalue weighted by Gasteiger charge is -2.20. The van der Waals surface area contributed by atoms with E-state index in [4.69, 9.17) is 12.2 Å². The van der Waals surface area contributed by atoms with Gasteiger partial charge in [0.2, 0.25) is 0 Å². The first kappa shape index (κ1) is 12.7. The normalized spacial score (nSPS) is 25.5. The number of likely N-dealkylation sites (N-methyl/N-ethyl adjacent to an activating group) is 2. The highest BCUT2D eigenvalue weighted by atomic mass is 32.2. The van der Waals surface area contributed by atoms with Crippen LogP contribution in [-0.2, 0) is 4.79 Å². The van der Waals surface area contributed by atoms with Crippen molar-refractivity contribution in [2.75, 3.05) is 32.4 Å². The van der Waals surface area contributed by atoms with Gasteiger partial charge in [0, 0.05) is 32.4 Å². The Labute approximate surface area is 112 Å². The molecule has 2 aliphatic heterocycles. The number of carbonyl (C=O) groups excluding carboxylic acids is 1. The Morgan fingerprint density at radius 1 is 1.35 bits per heavy atom. The van der Waals surface area contributed by atoms with Crippen molar-refractivity contribution in [1.82, 2.24) is 14.7 Å². The van der Waals surface area contributed by atoms with E-state index >= 15 is 0 Å². The van der Waals surface area contributed by atoms with Gasteiger partial charge in [0.15, 0.2) is 5.11 Å². The Morgan fingerprint density at radius 2 is 2.06 bits per heavy atom. The van der Waals surface area contributed by atoms with Crippen molar-refractivity contribution in [1.29, 1.82) is 0 Å². The summed E-state index contributed by atoms with van der Waals surface area (Å²) in [6.45, 7) is 6.65. The van der Waals surface area contributed by atoms with Crippen LogP contribution < -0.4 is 0 Å². The molecule has 0 aliphatic carbocycles. The second-order valence-corrected chi connectivity index (χ2v) is 5.42. The summed E-state index contributed by atoms with van der Waals surface area (Å²) in [6.07, 6.45) is 0. The summed E-state index contributed by atoms with van der Waals surface area (Å²) in [5, 5.41) is 1.70. The topological polar surface area (TPSA) is 26.8 Å². The molecule has 1 amide bonds. The van der Waals surface area contributed by atoms with Crippen molar-refractivity contribution < 1.29 is 4.79 Å². The zero-order valence-electron chi connectivity index (χ0n) is 10.4. The van der Waals surface area contributed by atoms with E-state index < -0.39 is 0 Å². The number of hydrogen-bond donors (Lipinski definition) is 0. The quantitative estimate of drug-likeness (QED) is 0.557. The maximum Gasteiger partial charge on any atom is 0.279 e. The Balaban J connectivity index is 2.41. The highest BCUT2D eigenvalue weighted by molar-refractivity contribution is 8.03. The third-order valence-electron chi connectivity index (χ3n) is 3.09. The third-order valence-corrected chi connectivity index (χ3v) is 4.69. The summed E-state index contributed by atoms with van der Waals surface area (Å²) in [6, 6.07) is 0. The van der Waals surface area contributed by atoms with Crippen LogP contribution in [0.2, 0.25) is 0 Å². The fraction of sp³-hybridized carbons (Fsp3) is 0.636. The molecule has 0 bridgehead atoms. The lowest BCUT2D eigenvalue weighted by atomic mass is 10.4. The number of thiocarbonyl (C=S) groups is 1. The lowest BCUT2D eigenvalue weighted by Crippen LogP contribution is -2.30. The smallest absolute Gasteiger partial charge is 0.279 e. The van der Waals surface area contributed by atoms with E-state index in [0.717, 1.165) is 29.6 Å². The van der Waals surface area contributed by atoms with Gasteiger partial charge in [0.25, 0.3) is 5.91 Å². The van der Waals surface area contributed by atoms with Crippen LogP contribution in [0.5, 0.6) is 0 Å². The molecule has 0 aromatic rings. The molecular formula is C11H17N3OS2. The third kappa shape index (κ3) is 1.93. The van der Waals surface area contributed by atoms with E-state index in [9.17, 15) is 4.79 Å². The molecule has 94 valence electrons. The van der Waals surface area contributed by atoms with E-state index in [1.165, 1.54) is 0 Å². The number of hydrogen-bond acceptors (Lipinski definition) is 4. The molecule has 2 heterocycles. The van der Waals surface area contributed by atoms with Crippen molar-refractivity contribution in [2.24, 2.45) is 0 Å². The SMILES string of the molecule is CCN1C(=O)/C(=C2/SCCN2CC)N(C)C1=S. The zero-order valence-corrected chi connectivity index (χ0v) is 12.0. The summed E-state index contributed by atoms with van der Waals surface area (Å²) in [7, 11) is 1.88. The average molecular weight is 271 g/mol. The van der Waals surface area contributed by atoms with Crippen LogP contribution in [0.25, 0.3) is 0 Å². The fourth-order valence-corrected chi connectivity index (χ4v) is 3.69. The van der Waals surface area contributed by atoms with Gasteiger partial charge in [-0.25, -0.2) is 0 Å². The van der Waals surface area contributed by atoms with E-state index in [1.54, 1.807) is 16.7 Å². The summed E-state index contributed by atoms with van der Waals surface area (Å²) in [5.74, 6) is 1.09. The Morgan fingerprint density at radius 3 is 2.59 bits per heavy atom. The van der Waals surface area contributed by atoms with Crippen LogP contribution in [0.1, 0.15) is 13.8 Å². The molecule has 2 fully saturated rings. The first-order valence-corrected chi connectivity index (χ1v) is 7.22. The van der Waals surface area contributed by atoms with Crippen LogP contribution in [0.4, 0.5) is 0 Å². The van der Waals surface area contributed by atoms with Gasteiger partial charge in [0.05, 0.1) is 0 Å². The summed E-state index contributed by atoms with van der Waals surface area (Å²) in [5.41, 5.74) is 0.751. The van der Waals surface area contributed by atoms with Gasteiger partial charge in [-0.3, -0.25) is 9.69 Å². The summed E-state index contributed by atoms with van der Waals surface area (Å²) < 4.78 is 0. The molecule has 0 atom stereocenters. The molecule has 2 rings (SSSR count). The van der Waals surface area contributed by atoms with Gasteiger partial charge in [-0.05, 0) is 26.1 Å².